The zero-order valence-electron chi connectivity index (χ0n) is 5.33. The summed E-state index contributed by atoms with van der Waals surface area (Å²) in [5, 5.41) is 18.6. The Bertz CT molecular complexity index is 118. The third-order valence-electron chi connectivity index (χ3n) is 0.792. The predicted octanol–water partition coefficient (Wildman–Crippen LogP) is -0.865. The van der Waals surface area contributed by atoms with Crippen LogP contribution < -0.4 is 5.32 Å². The number of aliphatic carboxylic acids is 2. The van der Waals surface area contributed by atoms with Gasteiger partial charge in [-0.15, -0.1) is 0 Å². The average molecular weight is 148 g/mol. The summed E-state index contributed by atoms with van der Waals surface area (Å²) >= 11 is 0. The summed E-state index contributed by atoms with van der Waals surface area (Å²) in [7, 11) is 0. The number of hydrogen-bond donors (Lipinski definition) is 3. The predicted molar refractivity (Wildman–Crippen MR) is 32.8 cm³/mol. The molecular weight excluding hydrogens is 139 g/mol. The molecule has 5 heteroatoms. The van der Waals surface area contributed by atoms with Crippen molar-refractivity contribution in [3.05, 3.63) is 0 Å². The Hall–Kier alpha value is -1.10. The van der Waals surface area contributed by atoms with Crippen molar-refractivity contribution in [1.29, 1.82) is 0 Å². The van der Waals surface area contributed by atoms with E-state index < -0.39 is 11.9 Å². The monoisotopic (exact) mass is 148 g/mol. The van der Waals surface area contributed by atoms with Gasteiger partial charge in [0.2, 0.25) is 0 Å². The molecule has 0 unspecified atom stereocenters. The van der Waals surface area contributed by atoms with Crippen LogP contribution in [-0.2, 0) is 9.59 Å². The van der Waals surface area contributed by atoms with Crippen molar-refractivity contribution in [2.45, 2.75) is 6.42 Å². The molecular formula is C5H9NO4. The quantitative estimate of drug-likeness (QED) is 0.348. The van der Waals surface area contributed by atoms with Crippen LogP contribution in [0.25, 0.3) is 0 Å². The van der Waals surface area contributed by atoms with Gasteiger partial charge in [-0.25, -0.2) is 0 Å². The van der Waals surface area contributed by atoms with Crippen molar-refractivity contribution in [2.75, 3.05) is 13.1 Å². The Labute approximate surface area is 57.7 Å². The Morgan fingerprint density at radius 2 is 1.80 bits per heavy atom. The Morgan fingerprint density at radius 3 is 2.20 bits per heavy atom. The molecule has 0 radical (unpaired) electrons. The van der Waals surface area contributed by atoms with Crippen molar-refractivity contribution in [3.8, 4) is 0 Å². The van der Waals surface area contributed by atoms with Crippen LogP contribution in [0.4, 0.5) is 0 Å². The lowest BCUT2D eigenvalue weighted by Gasteiger charge is -1.95. The third-order valence-corrected chi connectivity index (χ3v) is 0.792. The largest absolute Gasteiger partial charge is 0.481 e. The Kier molecular flexibility index (Phi) is 4.23. The highest BCUT2D eigenvalue weighted by atomic mass is 16.4. The van der Waals surface area contributed by atoms with Crippen LogP contribution in [0, 0.1) is 0 Å². The SMILES string of the molecule is O=C(O)CC[15NH]CC(=O)O. The minimum atomic E-state index is -0.981. The molecule has 0 spiro atoms. The zero-order valence-corrected chi connectivity index (χ0v) is 5.33. The maximum Gasteiger partial charge on any atom is 0.317 e. The van der Waals surface area contributed by atoms with E-state index >= 15 is 0 Å². The molecule has 10 heavy (non-hydrogen) atoms. The van der Waals surface area contributed by atoms with E-state index in [1.54, 1.807) is 0 Å². The van der Waals surface area contributed by atoms with Gasteiger partial charge < -0.3 is 15.5 Å². The summed E-state index contributed by atoms with van der Waals surface area (Å²) < 4.78 is 0. The summed E-state index contributed by atoms with van der Waals surface area (Å²) in [4.78, 5) is 19.7. The standard InChI is InChI=1S/C5H9NO4/c7-4(8)1-2-6-3-5(9)10/h6H,1-3H2,(H,7,8)(H,9,10)/i6+1. The molecule has 3 N–H and O–H groups in total. The first kappa shape index (κ1) is 8.90. The van der Waals surface area contributed by atoms with Gasteiger partial charge in [-0.3, -0.25) is 9.59 Å². The first-order valence-corrected chi connectivity index (χ1v) is 2.77. The molecule has 0 aromatic carbocycles. The highest BCUT2D eigenvalue weighted by Gasteiger charge is 1.97. The molecule has 0 amide bonds. The fraction of sp³-hybridized carbons (Fsp3) is 0.600. The first-order valence-electron chi connectivity index (χ1n) is 2.77. The second-order valence-corrected chi connectivity index (χ2v) is 1.71. The highest BCUT2D eigenvalue weighted by Crippen LogP contribution is 1.73. The molecule has 0 aliphatic heterocycles. The first-order chi connectivity index (χ1) is 4.63. The molecule has 58 valence electrons. The van der Waals surface area contributed by atoms with E-state index in [4.69, 9.17) is 10.2 Å². The van der Waals surface area contributed by atoms with Crippen LogP contribution in [0.2, 0.25) is 0 Å². The van der Waals surface area contributed by atoms with E-state index in [2.05, 4.69) is 5.32 Å². The second kappa shape index (κ2) is 4.75. The van der Waals surface area contributed by atoms with Crippen molar-refractivity contribution in [2.24, 2.45) is 0 Å². The van der Waals surface area contributed by atoms with Crippen LogP contribution in [0.15, 0.2) is 0 Å². The highest BCUT2D eigenvalue weighted by molar-refractivity contribution is 5.69. The van der Waals surface area contributed by atoms with Gasteiger partial charge >= 0.3 is 11.9 Å². The molecule has 0 aromatic rings. The van der Waals surface area contributed by atoms with Gasteiger partial charge in [0.15, 0.2) is 0 Å². The molecule has 0 aromatic heterocycles. The van der Waals surface area contributed by atoms with Crippen molar-refractivity contribution >= 4 is 11.9 Å². The van der Waals surface area contributed by atoms with Gasteiger partial charge in [0.25, 0.3) is 0 Å². The average Bonchev–Trinajstić information content (AvgIpc) is 1.79. The third kappa shape index (κ3) is 6.90. The molecule has 0 bridgehead atoms. The maximum absolute atomic E-state index is 9.86. The van der Waals surface area contributed by atoms with Crippen molar-refractivity contribution in [1.82, 2.24) is 5.32 Å². The zero-order chi connectivity index (χ0) is 7.98. The number of carboxylic acid groups (broad SMARTS) is 2. The number of carbonyl (C=O) groups is 2. The number of carboxylic acids is 2. The minimum absolute atomic E-state index is 0.0483. The molecule has 0 aliphatic carbocycles. The summed E-state index contributed by atoms with van der Waals surface area (Å²) in [6, 6.07) is 0. The Balaban J connectivity index is 3.06. The lowest BCUT2D eigenvalue weighted by Crippen LogP contribution is -2.24. The molecule has 0 saturated carbocycles. The van der Waals surface area contributed by atoms with Gasteiger partial charge in [-0.05, 0) is 0 Å². The molecule has 0 aliphatic rings. The summed E-state index contributed by atoms with van der Waals surface area (Å²) in [5.74, 6) is -1.91. The number of hydrogen-bond acceptors (Lipinski definition) is 3. The van der Waals surface area contributed by atoms with Gasteiger partial charge in [0.1, 0.15) is 0 Å². The lowest BCUT2D eigenvalue weighted by molar-refractivity contribution is -0.138. The van der Waals surface area contributed by atoms with Gasteiger partial charge in [0, 0.05) is 6.54 Å². The van der Waals surface area contributed by atoms with E-state index in [9.17, 15) is 9.59 Å². The molecule has 0 rings (SSSR count). The number of rotatable bonds is 5. The van der Waals surface area contributed by atoms with Crippen LogP contribution >= 0.6 is 0 Å². The smallest absolute Gasteiger partial charge is 0.317 e. The second-order valence-electron chi connectivity index (χ2n) is 1.71. The van der Waals surface area contributed by atoms with Crippen molar-refractivity contribution < 1.29 is 19.8 Å². The van der Waals surface area contributed by atoms with Crippen LogP contribution in [0.5, 0.6) is 0 Å². The maximum atomic E-state index is 9.86. The van der Waals surface area contributed by atoms with E-state index in [1.807, 2.05) is 0 Å². The van der Waals surface area contributed by atoms with Gasteiger partial charge in [-0.1, -0.05) is 0 Å². The topological polar surface area (TPSA) is 86.6 Å². The fourth-order valence-electron chi connectivity index (χ4n) is 0.391. The molecule has 5 nitrogen and oxygen atoms in total. The summed E-state index contributed by atoms with van der Waals surface area (Å²) in [6.45, 7) is 0.00884. The molecule has 0 fully saturated rings. The summed E-state index contributed by atoms with van der Waals surface area (Å²) in [5.41, 5.74) is 0. The van der Waals surface area contributed by atoms with E-state index in [-0.39, 0.29) is 19.5 Å². The molecule has 0 saturated heterocycles. The normalized spacial score (nSPS) is 9.20. The minimum Gasteiger partial charge on any atom is -0.481 e. The van der Waals surface area contributed by atoms with Gasteiger partial charge in [0.05, 0.1) is 13.0 Å². The number of nitrogens with one attached hydrogen (secondary N) is 1. The van der Waals surface area contributed by atoms with Crippen molar-refractivity contribution in [3.63, 3.8) is 0 Å². The molecule has 0 heterocycles. The lowest BCUT2D eigenvalue weighted by atomic mass is 10.4. The Morgan fingerprint density at radius 1 is 1.20 bits per heavy atom. The van der Waals surface area contributed by atoms with Crippen LogP contribution in [0.1, 0.15) is 6.42 Å². The van der Waals surface area contributed by atoms with E-state index in [0.717, 1.165) is 0 Å². The van der Waals surface area contributed by atoms with Crippen LogP contribution in [-0.4, -0.2) is 35.2 Å². The summed E-state index contributed by atoms with van der Waals surface area (Å²) in [6.07, 6.45) is -0.0483. The van der Waals surface area contributed by atoms with E-state index in [1.165, 1.54) is 0 Å². The molecule has 0 atom stereocenters. The van der Waals surface area contributed by atoms with Crippen LogP contribution in [0.3, 0.4) is 0 Å². The van der Waals surface area contributed by atoms with Gasteiger partial charge in [-0.2, -0.15) is 0 Å². The fourth-order valence-corrected chi connectivity index (χ4v) is 0.391. The van der Waals surface area contributed by atoms with E-state index in [0.29, 0.717) is 0 Å².